The molecule has 2 N–H and O–H groups in total. The largest absolute Gasteiger partial charge is 0.382 e. The molecule has 0 spiro atoms. The van der Waals surface area contributed by atoms with Crippen LogP contribution in [0.5, 0.6) is 0 Å². The molecule has 1 fully saturated rings. The minimum absolute atomic E-state index is 0.0454. The number of anilines is 1. The zero-order valence-electron chi connectivity index (χ0n) is 20.4. The predicted octanol–water partition coefficient (Wildman–Crippen LogP) is 6.25. The first-order chi connectivity index (χ1) is 15.6. The van der Waals surface area contributed by atoms with Crippen molar-refractivity contribution in [1.82, 2.24) is 19.9 Å². The van der Waals surface area contributed by atoms with Crippen molar-refractivity contribution in [3.05, 3.63) is 54.2 Å². The first-order valence-electron chi connectivity index (χ1n) is 11.5. The highest BCUT2D eigenvalue weighted by Crippen LogP contribution is 2.40. The van der Waals surface area contributed by atoms with Crippen molar-refractivity contribution in [1.29, 1.82) is 0 Å². The maximum Gasteiger partial charge on any atom is 0.173 e. The second kappa shape index (κ2) is 9.11. The van der Waals surface area contributed by atoms with Gasteiger partial charge >= 0.3 is 0 Å². The van der Waals surface area contributed by atoms with E-state index in [2.05, 4.69) is 55.9 Å². The van der Waals surface area contributed by atoms with Gasteiger partial charge in [-0.05, 0) is 84.0 Å². The minimum Gasteiger partial charge on any atom is -0.382 e. The van der Waals surface area contributed by atoms with E-state index in [1.54, 1.807) is 23.9 Å². The van der Waals surface area contributed by atoms with Crippen molar-refractivity contribution < 1.29 is 4.39 Å². The zero-order valence-corrected chi connectivity index (χ0v) is 21.2. The molecule has 1 aliphatic heterocycles. The zero-order chi connectivity index (χ0) is 23.8. The molecule has 0 aliphatic carbocycles. The standard InChI is InChI=1S/C26H34FN5S/c1-7-28-21-15-29-20(18-13-25(2,3)31-26(4,5)14-18)12-23(21)32-16-22(30-24(32)33-6)17-8-10-19(27)11-9-17/h8-12,15-16,18,28,31H,7,13-14H2,1-6H3. The third-order valence-electron chi connectivity index (χ3n) is 6.13. The van der Waals surface area contributed by atoms with Crippen LogP contribution in [0.15, 0.2) is 47.9 Å². The van der Waals surface area contributed by atoms with Gasteiger partial charge in [0, 0.05) is 41.0 Å². The van der Waals surface area contributed by atoms with Crippen LogP contribution in [-0.4, -0.2) is 38.4 Å². The number of thioether (sulfide) groups is 1. The van der Waals surface area contributed by atoms with Crippen LogP contribution in [0.2, 0.25) is 0 Å². The molecule has 0 radical (unpaired) electrons. The maximum absolute atomic E-state index is 13.4. The van der Waals surface area contributed by atoms with Crippen molar-refractivity contribution in [3.63, 3.8) is 0 Å². The lowest BCUT2D eigenvalue weighted by atomic mass is 9.74. The highest BCUT2D eigenvalue weighted by atomic mass is 32.2. The Morgan fingerprint density at radius 2 is 1.82 bits per heavy atom. The Kier molecular flexibility index (Phi) is 6.56. The first-order valence-corrected chi connectivity index (χ1v) is 12.8. The summed E-state index contributed by atoms with van der Waals surface area (Å²) in [5, 5.41) is 8.12. The molecule has 3 aromatic rings. The number of aromatic nitrogens is 3. The van der Waals surface area contributed by atoms with Crippen LogP contribution in [0, 0.1) is 5.82 Å². The molecular weight excluding hydrogens is 433 g/mol. The van der Waals surface area contributed by atoms with E-state index < -0.39 is 0 Å². The number of benzene rings is 1. The van der Waals surface area contributed by atoms with E-state index in [-0.39, 0.29) is 16.9 Å². The Morgan fingerprint density at radius 1 is 1.15 bits per heavy atom. The lowest BCUT2D eigenvalue weighted by Crippen LogP contribution is -2.57. The fourth-order valence-electron chi connectivity index (χ4n) is 5.18. The van der Waals surface area contributed by atoms with Gasteiger partial charge in [-0.15, -0.1) is 0 Å². The van der Waals surface area contributed by atoms with Crippen LogP contribution >= 0.6 is 11.8 Å². The van der Waals surface area contributed by atoms with Crippen LogP contribution < -0.4 is 10.6 Å². The van der Waals surface area contributed by atoms with Crippen LogP contribution in [0.1, 0.15) is 59.1 Å². The molecule has 0 atom stereocenters. The fourth-order valence-corrected chi connectivity index (χ4v) is 5.72. The lowest BCUT2D eigenvalue weighted by Gasteiger charge is -2.46. The molecule has 0 amide bonds. The van der Waals surface area contributed by atoms with Gasteiger partial charge in [-0.25, -0.2) is 9.37 Å². The normalized spacial score (nSPS) is 17.8. The SMILES string of the molecule is CCNc1cnc(C2CC(C)(C)NC(C)(C)C2)cc1-n1cc(-c2ccc(F)cc2)nc1SC. The molecule has 7 heteroatoms. The molecule has 176 valence electrons. The van der Waals surface area contributed by atoms with E-state index >= 15 is 0 Å². The van der Waals surface area contributed by atoms with Gasteiger partial charge in [-0.1, -0.05) is 11.8 Å². The molecule has 5 nitrogen and oxygen atoms in total. The van der Waals surface area contributed by atoms with Gasteiger partial charge in [0.25, 0.3) is 0 Å². The van der Waals surface area contributed by atoms with Crippen LogP contribution in [0.4, 0.5) is 10.1 Å². The number of imidazole rings is 1. The molecule has 0 saturated carbocycles. The summed E-state index contributed by atoms with van der Waals surface area (Å²) in [6.45, 7) is 12.0. The van der Waals surface area contributed by atoms with Gasteiger partial charge in [-0.3, -0.25) is 9.55 Å². The van der Waals surface area contributed by atoms with Crippen molar-refractivity contribution in [2.24, 2.45) is 0 Å². The summed E-state index contributed by atoms with van der Waals surface area (Å²) in [5.74, 6) is 0.118. The minimum atomic E-state index is -0.246. The molecule has 0 unspecified atom stereocenters. The van der Waals surface area contributed by atoms with Crippen molar-refractivity contribution in [2.75, 3.05) is 18.1 Å². The summed E-state index contributed by atoms with van der Waals surface area (Å²) in [7, 11) is 0. The Morgan fingerprint density at radius 3 is 2.42 bits per heavy atom. The van der Waals surface area contributed by atoms with Gasteiger partial charge < -0.3 is 10.6 Å². The van der Waals surface area contributed by atoms with Gasteiger partial charge in [0.1, 0.15) is 5.82 Å². The van der Waals surface area contributed by atoms with E-state index in [4.69, 9.17) is 9.97 Å². The lowest BCUT2D eigenvalue weighted by molar-refractivity contribution is 0.160. The summed E-state index contributed by atoms with van der Waals surface area (Å²) in [6, 6.07) is 8.71. The number of nitrogens with zero attached hydrogens (tertiary/aromatic N) is 3. The average molecular weight is 468 g/mol. The molecule has 1 aliphatic rings. The summed E-state index contributed by atoms with van der Waals surface area (Å²) in [5.41, 5.74) is 4.94. The van der Waals surface area contributed by atoms with Crippen LogP contribution in [-0.2, 0) is 0 Å². The third-order valence-corrected chi connectivity index (χ3v) is 6.79. The molecule has 2 aromatic heterocycles. The fraction of sp³-hybridized carbons (Fsp3) is 0.462. The molecule has 33 heavy (non-hydrogen) atoms. The topological polar surface area (TPSA) is 54.8 Å². The Balaban J connectivity index is 1.79. The summed E-state index contributed by atoms with van der Waals surface area (Å²) >= 11 is 1.60. The number of halogens is 1. The monoisotopic (exact) mass is 467 g/mol. The molecule has 4 rings (SSSR count). The van der Waals surface area contributed by atoms with Crippen molar-refractivity contribution in [2.45, 2.75) is 69.6 Å². The van der Waals surface area contributed by atoms with E-state index in [9.17, 15) is 4.39 Å². The number of hydrogen-bond acceptors (Lipinski definition) is 5. The number of nitrogens with one attached hydrogen (secondary N) is 2. The number of rotatable bonds is 6. The molecule has 1 aromatic carbocycles. The van der Waals surface area contributed by atoms with Crippen molar-refractivity contribution >= 4 is 17.4 Å². The molecule has 1 saturated heterocycles. The quantitative estimate of drug-likeness (QED) is 0.420. The average Bonchev–Trinajstić information content (AvgIpc) is 3.17. The van der Waals surface area contributed by atoms with E-state index in [0.717, 1.165) is 52.9 Å². The molecule has 0 bridgehead atoms. The number of pyridine rings is 1. The summed E-state index contributed by atoms with van der Waals surface area (Å²) in [6.07, 6.45) is 8.08. The van der Waals surface area contributed by atoms with E-state index in [0.29, 0.717) is 5.92 Å². The summed E-state index contributed by atoms with van der Waals surface area (Å²) < 4.78 is 15.6. The molecular formula is C26H34FN5S. The maximum atomic E-state index is 13.4. The second-order valence-corrected chi connectivity index (χ2v) is 10.9. The predicted molar refractivity (Wildman–Crippen MR) is 136 cm³/mol. The second-order valence-electron chi connectivity index (χ2n) is 10.1. The first kappa shape index (κ1) is 23.8. The molecule has 3 heterocycles. The Labute approximate surface area is 200 Å². The van der Waals surface area contributed by atoms with Gasteiger partial charge in [0.15, 0.2) is 5.16 Å². The van der Waals surface area contributed by atoms with Gasteiger partial charge in [-0.2, -0.15) is 0 Å². The third kappa shape index (κ3) is 5.25. The number of hydrogen-bond donors (Lipinski definition) is 2. The van der Waals surface area contributed by atoms with Crippen LogP contribution in [0.3, 0.4) is 0 Å². The van der Waals surface area contributed by atoms with Crippen LogP contribution in [0.25, 0.3) is 16.9 Å². The summed E-state index contributed by atoms with van der Waals surface area (Å²) in [4.78, 5) is 9.74. The smallest absolute Gasteiger partial charge is 0.173 e. The van der Waals surface area contributed by atoms with E-state index in [1.165, 1.54) is 12.1 Å². The highest BCUT2D eigenvalue weighted by Gasteiger charge is 2.39. The Hall–Kier alpha value is -2.38. The van der Waals surface area contributed by atoms with Crippen molar-refractivity contribution in [3.8, 4) is 16.9 Å². The van der Waals surface area contributed by atoms with Gasteiger partial charge in [0.05, 0.1) is 23.3 Å². The van der Waals surface area contributed by atoms with E-state index in [1.807, 2.05) is 18.6 Å². The highest BCUT2D eigenvalue weighted by molar-refractivity contribution is 7.98. The number of piperidine rings is 1. The Bertz CT molecular complexity index is 1100. The van der Waals surface area contributed by atoms with Gasteiger partial charge in [0.2, 0.25) is 0 Å².